The Hall–Kier alpha value is -3.76. The van der Waals surface area contributed by atoms with Crippen LogP contribution in [0.2, 0.25) is 0 Å². The Labute approximate surface area is 197 Å². The quantitative estimate of drug-likeness (QED) is 0.376. The third-order valence-corrected chi connectivity index (χ3v) is 4.60. The van der Waals surface area contributed by atoms with Crippen LogP contribution in [0.5, 0.6) is 0 Å². The van der Waals surface area contributed by atoms with E-state index in [-0.39, 0.29) is 0 Å². The lowest BCUT2D eigenvalue weighted by Gasteiger charge is -2.23. The summed E-state index contributed by atoms with van der Waals surface area (Å²) >= 11 is 0. The van der Waals surface area contributed by atoms with Crippen molar-refractivity contribution in [2.24, 2.45) is 0 Å². The monoisotopic (exact) mass is 474 g/mol. The summed E-state index contributed by atoms with van der Waals surface area (Å²) in [6.45, 7) is 2.51. The van der Waals surface area contributed by atoms with E-state index in [0.717, 1.165) is 0 Å². The van der Waals surface area contributed by atoms with Gasteiger partial charge in [-0.25, -0.2) is 0 Å². The SMILES string of the molecule is CN[C@H](C(=O)O)C(OC(C)=O)c1ccccc1.CN[C@H](C(=O)O)C(OC(C)=O)c1ccccc1. The number of nitrogens with one attached hydrogen (secondary N) is 2. The van der Waals surface area contributed by atoms with Crippen molar-refractivity contribution in [3.8, 4) is 0 Å². The third-order valence-electron chi connectivity index (χ3n) is 4.60. The highest BCUT2D eigenvalue weighted by Crippen LogP contribution is 2.22. The van der Waals surface area contributed by atoms with Gasteiger partial charge < -0.3 is 30.3 Å². The molecule has 0 aliphatic carbocycles. The van der Waals surface area contributed by atoms with Crippen LogP contribution in [0.25, 0.3) is 0 Å². The Morgan fingerprint density at radius 1 is 0.647 bits per heavy atom. The van der Waals surface area contributed by atoms with Gasteiger partial charge >= 0.3 is 23.9 Å². The Morgan fingerprint density at radius 2 is 0.941 bits per heavy atom. The van der Waals surface area contributed by atoms with Crippen LogP contribution in [0.1, 0.15) is 37.2 Å². The van der Waals surface area contributed by atoms with Crippen LogP contribution in [-0.2, 0) is 28.7 Å². The maximum Gasteiger partial charge on any atom is 0.324 e. The van der Waals surface area contributed by atoms with E-state index < -0.39 is 48.2 Å². The molecule has 0 bridgehead atoms. The highest BCUT2D eigenvalue weighted by molar-refractivity contribution is 5.76. The summed E-state index contributed by atoms with van der Waals surface area (Å²) in [6, 6.07) is 15.6. The first kappa shape index (κ1) is 28.3. The first-order chi connectivity index (χ1) is 16.1. The smallest absolute Gasteiger partial charge is 0.324 e. The Morgan fingerprint density at radius 3 is 1.15 bits per heavy atom. The predicted molar refractivity (Wildman–Crippen MR) is 123 cm³/mol. The van der Waals surface area contributed by atoms with E-state index in [4.69, 9.17) is 19.7 Å². The normalized spacial score (nSPS) is 13.8. The zero-order valence-electron chi connectivity index (χ0n) is 19.4. The van der Waals surface area contributed by atoms with E-state index in [1.807, 2.05) is 12.1 Å². The molecule has 2 aromatic rings. The summed E-state index contributed by atoms with van der Waals surface area (Å²) in [4.78, 5) is 44.2. The number of rotatable bonds is 10. The summed E-state index contributed by atoms with van der Waals surface area (Å²) in [5.41, 5.74) is 1.29. The molecule has 0 saturated carbocycles. The molecule has 0 aliphatic heterocycles. The molecule has 0 aliphatic rings. The van der Waals surface area contributed by atoms with Gasteiger partial charge in [-0.05, 0) is 25.2 Å². The number of hydrogen-bond donors (Lipinski definition) is 4. The number of carboxylic acids is 2. The first-order valence-corrected chi connectivity index (χ1v) is 10.4. The summed E-state index contributed by atoms with van der Waals surface area (Å²) in [6.07, 6.45) is -1.67. The van der Waals surface area contributed by atoms with Gasteiger partial charge in [-0.15, -0.1) is 0 Å². The summed E-state index contributed by atoms with van der Waals surface area (Å²) in [7, 11) is 3.02. The van der Waals surface area contributed by atoms with E-state index in [1.54, 1.807) is 48.5 Å². The summed E-state index contributed by atoms with van der Waals surface area (Å²) < 4.78 is 10.1. The van der Waals surface area contributed by atoms with Gasteiger partial charge in [0.05, 0.1) is 0 Å². The number of carbonyl (C=O) groups is 4. The largest absolute Gasteiger partial charge is 0.480 e. The maximum absolute atomic E-state index is 11.1. The highest BCUT2D eigenvalue weighted by atomic mass is 16.5. The van der Waals surface area contributed by atoms with Crippen molar-refractivity contribution < 1.29 is 38.9 Å². The van der Waals surface area contributed by atoms with Crippen LogP contribution in [0.3, 0.4) is 0 Å². The minimum absolute atomic E-state index is 0.514. The minimum atomic E-state index is -1.07. The molecule has 0 heterocycles. The molecule has 184 valence electrons. The molecule has 2 aromatic carbocycles. The second-order valence-corrected chi connectivity index (χ2v) is 7.09. The molecule has 4 atom stereocenters. The van der Waals surface area contributed by atoms with Gasteiger partial charge in [0.25, 0.3) is 0 Å². The lowest BCUT2D eigenvalue weighted by molar-refractivity contribution is -0.156. The van der Waals surface area contributed by atoms with Crippen molar-refractivity contribution in [1.82, 2.24) is 10.6 Å². The first-order valence-electron chi connectivity index (χ1n) is 10.4. The number of hydrogen-bond acceptors (Lipinski definition) is 8. The van der Waals surface area contributed by atoms with E-state index in [1.165, 1.54) is 27.9 Å². The number of ether oxygens (including phenoxy) is 2. The van der Waals surface area contributed by atoms with Gasteiger partial charge in [-0.2, -0.15) is 0 Å². The van der Waals surface area contributed by atoms with Crippen molar-refractivity contribution in [1.29, 1.82) is 0 Å². The van der Waals surface area contributed by atoms with Gasteiger partial charge in [0.1, 0.15) is 12.1 Å². The average Bonchev–Trinajstić information content (AvgIpc) is 2.79. The number of carbonyl (C=O) groups excluding carboxylic acids is 2. The second kappa shape index (κ2) is 14.4. The molecule has 2 rings (SSSR count). The molecular weight excluding hydrogens is 444 g/mol. The van der Waals surface area contributed by atoms with Crippen LogP contribution in [0, 0.1) is 0 Å². The molecule has 10 heteroatoms. The van der Waals surface area contributed by atoms with Crippen molar-refractivity contribution in [3.63, 3.8) is 0 Å². The van der Waals surface area contributed by atoms with Crippen LogP contribution in [0.4, 0.5) is 0 Å². The fraction of sp³-hybridized carbons (Fsp3) is 0.333. The summed E-state index contributed by atoms with van der Waals surface area (Å²) in [5.74, 6) is -3.16. The fourth-order valence-corrected chi connectivity index (χ4v) is 3.11. The Bertz CT molecular complexity index is 859. The standard InChI is InChI=1S/2C12H15NO4/c2*1-8(14)17-11(10(13-2)12(15)16)9-6-4-3-5-7-9/h2*3-7,10-11,13H,1-2H3,(H,15,16)/t2*10-,11?/m00/s1. The molecular formula is C24H30N2O8. The number of aliphatic carboxylic acids is 2. The Kier molecular flexibility index (Phi) is 12.0. The van der Waals surface area contributed by atoms with Crippen molar-refractivity contribution in [2.75, 3.05) is 14.1 Å². The van der Waals surface area contributed by atoms with E-state index in [2.05, 4.69) is 10.6 Å². The van der Waals surface area contributed by atoms with E-state index >= 15 is 0 Å². The van der Waals surface area contributed by atoms with Crippen LogP contribution < -0.4 is 10.6 Å². The number of carboxylic acid groups (broad SMARTS) is 2. The molecule has 4 N–H and O–H groups in total. The minimum Gasteiger partial charge on any atom is -0.480 e. The number of benzene rings is 2. The van der Waals surface area contributed by atoms with Crippen LogP contribution in [-0.4, -0.2) is 60.3 Å². The van der Waals surface area contributed by atoms with Crippen LogP contribution in [0.15, 0.2) is 60.7 Å². The number of likely N-dealkylation sites (N-methyl/N-ethyl adjacent to an activating group) is 2. The van der Waals surface area contributed by atoms with Gasteiger partial charge in [-0.1, -0.05) is 60.7 Å². The average molecular weight is 475 g/mol. The van der Waals surface area contributed by atoms with Crippen molar-refractivity contribution in [2.45, 2.75) is 38.1 Å². The molecule has 34 heavy (non-hydrogen) atoms. The molecule has 0 radical (unpaired) electrons. The zero-order valence-corrected chi connectivity index (χ0v) is 19.4. The lowest BCUT2D eigenvalue weighted by Crippen LogP contribution is -2.41. The van der Waals surface area contributed by atoms with Crippen molar-refractivity contribution >= 4 is 23.9 Å². The van der Waals surface area contributed by atoms with Gasteiger partial charge in [0.2, 0.25) is 0 Å². The van der Waals surface area contributed by atoms with Crippen LogP contribution >= 0.6 is 0 Å². The molecule has 10 nitrogen and oxygen atoms in total. The molecule has 0 spiro atoms. The fourth-order valence-electron chi connectivity index (χ4n) is 3.11. The van der Waals surface area contributed by atoms with E-state index in [0.29, 0.717) is 11.1 Å². The van der Waals surface area contributed by atoms with E-state index in [9.17, 15) is 19.2 Å². The molecule has 0 fully saturated rings. The molecule has 2 unspecified atom stereocenters. The maximum atomic E-state index is 11.1. The molecule has 0 aromatic heterocycles. The van der Waals surface area contributed by atoms with Gasteiger partial charge in [0.15, 0.2) is 12.2 Å². The third kappa shape index (κ3) is 9.00. The highest BCUT2D eigenvalue weighted by Gasteiger charge is 2.31. The molecule has 0 saturated heterocycles. The lowest BCUT2D eigenvalue weighted by atomic mass is 10.0. The number of esters is 2. The second-order valence-electron chi connectivity index (χ2n) is 7.09. The zero-order chi connectivity index (χ0) is 25.7. The Balaban J connectivity index is 0.000000340. The van der Waals surface area contributed by atoms with Gasteiger partial charge in [-0.3, -0.25) is 19.2 Å². The van der Waals surface area contributed by atoms with Crippen molar-refractivity contribution in [3.05, 3.63) is 71.8 Å². The summed E-state index contributed by atoms with van der Waals surface area (Å²) in [5, 5.41) is 23.4. The molecule has 0 amide bonds. The predicted octanol–water partition coefficient (Wildman–Crippen LogP) is 1.93. The van der Waals surface area contributed by atoms with Gasteiger partial charge in [0, 0.05) is 13.8 Å². The topological polar surface area (TPSA) is 151 Å².